The summed E-state index contributed by atoms with van der Waals surface area (Å²) >= 11 is 0. The molecule has 2 aliphatic rings. The monoisotopic (exact) mass is 494 g/mol. The molecular formula is C25H30F4N4O2. The highest BCUT2D eigenvalue weighted by molar-refractivity contribution is 5.74. The molecule has 190 valence electrons. The minimum atomic E-state index is -4.34. The van der Waals surface area contributed by atoms with E-state index in [0.717, 1.165) is 36.3 Å². The lowest BCUT2D eigenvalue weighted by Crippen LogP contribution is -2.53. The molecule has 2 heterocycles. The van der Waals surface area contributed by atoms with Gasteiger partial charge in [-0.2, -0.15) is 13.2 Å². The zero-order chi connectivity index (χ0) is 24.8. The molecule has 0 saturated carbocycles. The van der Waals surface area contributed by atoms with E-state index in [4.69, 9.17) is 4.74 Å². The van der Waals surface area contributed by atoms with E-state index >= 15 is 0 Å². The van der Waals surface area contributed by atoms with Gasteiger partial charge in [-0.15, -0.1) is 0 Å². The van der Waals surface area contributed by atoms with Gasteiger partial charge in [-0.3, -0.25) is 9.80 Å². The summed E-state index contributed by atoms with van der Waals surface area (Å²) in [7, 11) is 0. The molecule has 0 bridgehead atoms. The van der Waals surface area contributed by atoms with Crippen molar-refractivity contribution in [3.63, 3.8) is 0 Å². The van der Waals surface area contributed by atoms with Gasteiger partial charge in [0.25, 0.3) is 0 Å². The van der Waals surface area contributed by atoms with Crippen LogP contribution in [-0.4, -0.2) is 79.8 Å². The Morgan fingerprint density at radius 3 is 2.14 bits per heavy atom. The normalized spacial score (nSPS) is 18.9. The molecule has 0 aliphatic carbocycles. The van der Waals surface area contributed by atoms with Gasteiger partial charge < -0.3 is 15.0 Å². The van der Waals surface area contributed by atoms with Crippen LogP contribution in [0.2, 0.25) is 0 Å². The zero-order valence-corrected chi connectivity index (χ0v) is 19.4. The maximum Gasteiger partial charge on any atom is 0.416 e. The van der Waals surface area contributed by atoms with Gasteiger partial charge in [0.05, 0.1) is 24.8 Å². The largest absolute Gasteiger partial charge is 0.416 e. The van der Waals surface area contributed by atoms with Gasteiger partial charge in [-0.05, 0) is 35.4 Å². The zero-order valence-electron chi connectivity index (χ0n) is 19.4. The molecule has 6 nitrogen and oxygen atoms in total. The number of urea groups is 1. The second-order valence-electron chi connectivity index (χ2n) is 8.86. The van der Waals surface area contributed by atoms with Crippen molar-refractivity contribution in [2.45, 2.75) is 18.8 Å². The number of piperazine rings is 1. The Morgan fingerprint density at radius 1 is 0.914 bits per heavy atom. The lowest BCUT2D eigenvalue weighted by atomic mass is 10.0. The smallest absolute Gasteiger partial charge is 0.379 e. The third-order valence-electron chi connectivity index (χ3n) is 6.53. The molecule has 2 aliphatic heterocycles. The lowest BCUT2D eigenvalue weighted by molar-refractivity contribution is -0.137. The van der Waals surface area contributed by atoms with Gasteiger partial charge in [0.2, 0.25) is 0 Å². The lowest BCUT2D eigenvalue weighted by Gasteiger charge is -2.37. The molecule has 35 heavy (non-hydrogen) atoms. The van der Waals surface area contributed by atoms with Gasteiger partial charge in [-0.1, -0.05) is 24.3 Å². The number of hydrogen-bond donors (Lipinski definition) is 1. The van der Waals surface area contributed by atoms with Crippen LogP contribution in [0.3, 0.4) is 0 Å². The molecule has 1 atom stereocenters. The quantitative estimate of drug-likeness (QED) is 0.622. The van der Waals surface area contributed by atoms with Crippen LogP contribution in [0.1, 0.15) is 22.7 Å². The summed E-state index contributed by atoms with van der Waals surface area (Å²) in [5, 5.41) is 3.03. The topological polar surface area (TPSA) is 48.1 Å². The molecule has 2 amide bonds. The number of morpholine rings is 1. The highest BCUT2D eigenvalue weighted by Gasteiger charge is 2.30. The molecule has 1 N–H and O–H groups in total. The Morgan fingerprint density at radius 2 is 1.54 bits per heavy atom. The van der Waals surface area contributed by atoms with E-state index in [1.807, 2.05) is 0 Å². The van der Waals surface area contributed by atoms with Crippen LogP contribution in [0.5, 0.6) is 0 Å². The maximum absolute atomic E-state index is 13.4. The first-order chi connectivity index (χ1) is 16.8. The number of nitrogens with zero attached hydrogens (tertiary/aromatic N) is 3. The Hall–Kier alpha value is -2.69. The number of nitrogens with one attached hydrogen (secondary N) is 1. The SMILES string of the molecule is O=C(NCC(c1ccc(F)cc1)N1CCOCC1)N1CCN(Cc2ccc(C(F)(F)F)cc2)CC1. The van der Waals surface area contributed by atoms with Crippen LogP contribution in [-0.2, 0) is 17.5 Å². The summed E-state index contributed by atoms with van der Waals surface area (Å²) in [6.07, 6.45) is -4.34. The number of halogens is 4. The van der Waals surface area contributed by atoms with Crippen molar-refractivity contribution in [2.75, 3.05) is 59.0 Å². The highest BCUT2D eigenvalue weighted by atomic mass is 19.4. The fraction of sp³-hybridized carbons (Fsp3) is 0.480. The second kappa shape index (κ2) is 11.4. The van der Waals surface area contributed by atoms with Crippen LogP contribution in [0, 0.1) is 5.82 Å². The number of rotatable bonds is 6. The van der Waals surface area contributed by atoms with Crippen molar-refractivity contribution in [1.29, 1.82) is 0 Å². The predicted molar refractivity (Wildman–Crippen MR) is 123 cm³/mol. The van der Waals surface area contributed by atoms with Gasteiger partial charge in [-0.25, -0.2) is 9.18 Å². The number of carbonyl (C=O) groups is 1. The summed E-state index contributed by atoms with van der Waals surface area (Å²) in [5.74, 6) is -0.298. The Bertz CT molecular complexity index is 955. The van der Waals surface area contributed by atoms with Crippen molar-refractivity contribution < 1.29 is 27.1 Å². The Labute approximate surface area is 202 Å². The first-order valence-corrected chi connectivity index (χ1v) is 11.8. The van der Waals surface area contributed by atoms with Gasteiger partial charge in [0.15, 0.2) is 0 Å². The predicted octanol–water partition coefficient (Wildman–Crippen LogP) is 3.75. The van der Waals surface area contributed by atoms with Gasteiger partial charge >= 0.3 is 12.2 Å². The van der Waals surface area contributed by atoms with Crippen LogP contribution in [0.25, 0.3) is 0 Å². The van der Waals surface area contributed by atoms with Crippen LogP contribution in [0.4, 0.5) is 22.4 Å². The molecule has 10 heteroatoms. The Kier molecular flexibility index (Phi) is 8.25. The molecule has 0 spiro atoms. The van der Waals surface area contributed by atoms with Crippen molar-refractivity contribution in [3.05, 3.63) is 71.0 Å². The average molecular weight is 495 g/mol. The fourth-order valence-corrected chi connectivity index (χ4v) is 4.49. The standard InChI is InChI=1S/C25H30F4N4O2/c26-22-7-3-20(4-8-22)23(32-13-15-35-16-14-32)17-30-24(34)33-11-9-31(10-12-33)18-19-1-5-21(6-2-19)25(27,28)29/h1-8,23H,9-18H2,(H,30,34). The first kappa shape index (κ1) is 25.4. The number of amides is 2. The van der Waals surface area contributed by atoms with E-state index < -0.39 is 11.7 Å². The van der Waals surface area contributed by atoms with Crippen LogP contribution >= 0.6 is 0 Å². The van der Waals surface area contributed by atoms with Crippen LogP contribution in [0.15, 0.2) is 48.5 Å². The van der Waals surface area contributed by atoms with E-state index in [-0.39, 0.29) is 17.9 Å². The highest BCUT2D eigenvalue weighted by Crippen LogP contribution is 2.29. The van der Waals surface area contributed by atoms with Crippen molar-refractivity contribution in [3.8, 4) is 0 Å². The number of alkyl halides is 3. The minimum Gasteiger partial charge on any atom is -0.379 e. The van der Waals surface area contributed by atoms with E-state index in [0.29, 0.717) is 52.5 Å². The maximum atomic E-state index is 13.4. The molecule has 0 aromatic heterocycles. The van der Waals surface area contributed by atoms with Gasteiger partial charge in [0.1, 0.15) is 5.82 Å². The van der Waals surface area contributed by atoms with Gasteiger partial charge in [0, 0.05) is 52.4 Å². The van der Waals surface area contributed by atoms with E-state index in [1.54, 1.807) is 17.0 Å². The minimum absolute atomic E-state index is 0.0793. The molecule has 2 aromatic rings. The molecule has 0 radical (unpaired) electrons. The second-order valence-corrected chi connectivity index (χ2v) is 8.86. The van der Waals surface area contributed by atoms with Crippen LogP contribution < -0.4 is 5.32 Å². The van der Waals surface area contributed by atoms with E-state index in [2.05, 4.69) is 15.1 Å². The third-order valence-corrected chi connectivity index (χ3v) is 6.53. The summed E-state index contributed by atoms with van der Waals surface area (Å²) in [5.41, 5.74) is 1.09. The van der Waals surface area contributed by atoms with E-state index in [1.165, 1.54) is 24.3 Å². The molecule has 2 fully saturated rings. The number of carbonyl (C=O) groups excluding carboxylic acids is 1. The number of benzene rings is 2. The van der Waals surface area contributed by atoms with Crippen molar-refractivity contribution >= 4 is 6.03 Å². The first-order valence-electron chi connectivity index (χ1n) is 11.8. The van der Waals surface area contributed by atoms with Crippen molar-refractivity contribution in [2.24, 2.45) is 0 Å². The molecule has 2 aromatic carbocycles. The number of ether oxygens (including phenoxy) is 1. The van der Waals surface area contributed by atoms with E-state index in [9.17, 15) is 22.4 Å². The average Bonchev–Trinajstić information content (AvgIpc) is 2.86. The molecular weight excluding hydrogens is 464 g/mol. The van der Waals surface area contributed by atoms with Crippen molar-refractivity contribution in [1.82, 2.24) is 20.0 Å². The fourth-order valence-electron chi connectivity index (χ4n) is 4.49. The number of hydrogen-bond acceptors (Lipinski definition) is 4. The summed E-state index contributed by atoms with van der Waals surface area (Å²) in [6.45, 7) is 5.99. The third kappa shape index (κ3) is 6.93. The summed E-state index contributed by atoms with van der Waals surface area (Å²) < 4.78 is 57.1. The molecule has 4 rings (SSSR count). The Balaban J connectivity index is 1.27. The summed E-state index contributed by atoms with van der Waals surface area (Å²) in [4.78, 5) is 19.0. The summed E-state index contributed by atoms with van der Waals surface area (Å²) in [6, 6.07) is 11.3. The molecule has 1 unspecified atom stereocenters. The molecule has 2 saturated heterocycles.